The SMILES string of the molecule is CCOC(=O)N1CCN(C(=O)c2cccc([C@H](c3cccc(O)c3)N3C[C@@H](C)N(CC4CC4)C[C@@H]3C)c2)CC1. The average Bonchev–Trinajstić information content (AvgIpc) is 3.76. The number of phenols is 1. The molecule has 2 aromatic rings. The Labute approximate surface area is 232 Å². The molecule has 2 heterocycles. The van der Waals surface area contributed by atoms with E-state index in [1.807, 2.05) is 35.2 Å². The van der Waals surface area contributed by atoms with Crippen LogP contribution in [0.15, 0.2) is 48.5 Å². The van der Waals surface area contributed by atoms with Crippen LogP contribution in [0.1, 0.15) is 61.1 Å². The van der Waals surface area contributed by atoms with E-state index in [9.17, 15) is 14.7 Å². The third-order valence-corrected chi connectivity index (χ3v) is 8.41. The lowest BCUT2D eigenvalue weighted by atomic mass is 9.92. The third kappa shape index (κ3) is 6.39. The fourth-order valence-corrected chi connectivity index (χ4v) is 6.07. The van der Waals surface area contributed by atoms with E-state index in [2.05, 4.69) is 35.8 Å². The van der Waals surface area contributed by atoms with E-state index < -0.39 is 0 Å². The molecule has 1 aliphatic carbocycles. The molecule has 2 aromatic carbocycles. The second-order valence-electron chi connectivity index (χ2n) is 11.4. The summed E-state index contributed by atoms with van der Waals surface area (Å²) in [5.74, 6) is 1.08. The van der Waals surface area contributed by atoms with Crippen LogP contribution in [-0.4, -0.2) is 101 Å². The maximum atomic E-state index is 13.5. The molecule has 1 N–H and O–H groups in total. The number of piperazine rings is 2. The van der Waals surface area contributed by atoms with Gasteiger partial charge in [0.2, 0.25) is 0 Å². The van der Waals surface area contributed by atoms with Crippen molar-refractivity contribution in [3.63, 3.8) is 0 Å². The molecule has 0 aromatic heterocycles. The summed E-state index contributed by atoms with van der Waals surface area (Å²) < 4.78 is 5.11. The van der Waals surface area contributed by atoms with Gasteiger partial charge in [0.15, 0.2) is 0 Å². The van der Waals surface area contributed by atoms with E-state index in [0.29, 0.717) is 50.4 Å². The van der Waals surface area contributed by atoms with Gasteiger partial charge < -0.3 is 19.6 Å². The third-order valence-electron chi connectivity index (χ3n) is 8.41. The number of amides is 2. The van der Waals surface area contributed by atoms with Crippen molar-refractivity contribution in [2.75, 3.05) is 52.4 Å². The fourth-order valence-electron chi connectivity index (χ4n) is 6.07. The Morgan fingerprint density at radius 2 is 1.59 bits per heavy atom. The normalized spacial score (nSPS) is 23.5. The van der Waals surface area contributed by atoms with Crippen LogP contribution in [0.25, 0.3) is 0 Å². The standard InChI is InChI=1S/C31H42N4O4/c1-4-39-31(38)33-15-13-32(14-16-33)30(37)27-9-5-7-25(17-27)29(26-8-6-10-28(36)18-26)35-20-22(2)34(19-23(35)3)21-24-11-12-24/h5-10,17-18,22-24,29,36H,4,11-16,19-21H2,1-3H3/t22-,23+,29-/m1/s1. The van der Waals surface area contributed by atoms with Crippen molar-refractivity contribution in [3.05, 3.63) is 65.2 Å². The molecule has 2 amide bonds. The van der Waals surface area contributed by atoms with Crippen LogP contribution in [0.4, 0.5) is 4.79 Å². The summed E-state index contributed by atoms with van der Waals surface area (Å²) in [7, 11) is 0. The molecule has 1 saturated carbocycles. The lowest BCUT2D eigenvalue weighted by Gasteiger charge is -2.48. The van der Waals surface area contributed by atoms with Crippen molar-refractivity contribution in [3.8, 4) is 5.75 Å². The van der Waals surface area contributed by atoms with Gasteiger partial charge in [0.25, 0.3) is 5.91 Å². The van der Waals surface area contributed by atoms with Gasteiger partial charge in [-0.3, -0.25) is 14.6 Å². The summed E-state index contributed by atoms with van der Waals surface area (Å²) in [6.45, 7) is 11.8. The predicted molar refractivity (Wildman–Crippen MR) is 151 cm³/mol. The van der Waals surface area contributed by atoms with Crippen LogP contribution >= 0.6 is 0 Å². The fraction of sp³-hybridized carbons (Fsp3) is 0.548. The molecule has 0 bridgehead atoms. The lowest BCUT2D eigenvalue weighted by molar-refractivity contribution is 0.0215. The van der Waals surface area contributed by atoms with E-state index >= 15 is 0 Å². The molecule has 39 heavy (non-hydrogen) atoms. The maximum absolute atomic E-state index is 13.5. The van der Waals surface area contributed by atoms with Gasteiger partial charge >= 0.3 is 6.09 Å². The zero-order chi connectivity index (χ0) is 27.5. The quantitative estimate of drug-likeness (QED) is 0.574. The van der Waals surface area contributed by atoms with Gasteiger partial charge in [-0.1, -0.05) is 24.3 Å². The number of rotatable bonds is 7. The highest BCUT2D eigenvalue weighted by Gasteiger charge is 2.37. The molecule has 3 aliphatic rings. The van der Waals surface area contributed by atoms with Crippen molar-refractivity contribution >= 4 is 12.0 Å². The number of carbonyl (C=O) groups is 2. The molecule has 8 heteroatoms. The Morgan fingerprint density at radius 3 is 2.26 bits per heavy atom. The highest BCUT2D eigenvalue weighted by Crippen LogP contribution is 2.37. The minimum atomic E-state index is -0.318. The highest BCUT2D eigenvalue weighted by molar-refractivity contribution is 5.94. The van der Waals surface area contributed by atoms with Crippen LogP contribution in [0.3, 0.4) is 0 Å². The van der Waals surface area contributed by atoms with Crippen LogP contribution in [0.5, 0.6) is 5.75 Å². The van der Waals surface area contributed by atoms with E-state index in [1.165, 1.54) is 19.4 Å². The average molecular weight is 535 g/mol. The molecule has 0 radical (unpaired) electrons. The molecule has 210 valence electrons. The van der Waals surface area contributed by atoms with Gasteiger partial charge in [-0.15, -0.1) is 0 Å². The summed E-state index contributed by atoms with van der Waals surface area (Å²) >= 11 is 0. The van der Waals surface area contributed by atoms with E-state index in [-0.39, 0.29) is 23.8 Å². The molecule has 5 rings (SSSR count). The number of nitrogens with zero attached hydrogens (tertiary/aromatic N) is 4. The predicted octanol–water partition coefficient (Wildman–Crippen LogP) is 4.20. The zero-order valence-corrected chi connectivity index (χ0v) is 23.5. The van der Waals surface area contributed by atoms with Crippen molar-refractivity contribution in [2.45, 2.75) is 51.7 Å². The number of benzene rings is 2. The van der Waals surface area contributed by atoms with Crippen molar-refractivity contribution in [2.24, 2.45) is 5.92 Å². The zero-order valence-electron chi connectivity index (χ0n) is 23.5. The van der Waals surface area contributed by atoms with Gasteiger partial charge in [-0.25, -0.2) is 4.79 Å². The van der Waals surface area contributed by atoms with Crippen molar-refractivity contribution in [1.29, 1.82) is 0 Å². The van der Waals surface area contributed by atoms with Crippen LogP contribution in [0.2, 0.25) is 0 Å². The molecule has 0 unspecified atom stereocenters. The largest absolute Gasteiger partial charge is 0.508 e. The summed E-state index contributed by atoms with van der Waals surface area (Å²) in [6.07, 6.45) is 2.39. The number of carbonyl (C=O) groups excluding carboxylic acids is 2. The van der Waals surface area contributed by atoms with Gasteiger partial charge in [0.1, 0.15) is 5.75 Å². The number of hydrogen-bond acceptors (Lipinski definition) is 6. The summed E-state index contributed by atoms with van der Waals surface area (Å²) in [5.41, 5.74) is 2.72. The van der Waals surface area contributed by atoms with Gasteiger partial charge in [0.05, 0.1) is 12.6 Å². The lowest BCUT2D eigenvalue weighted by Crippen LogP contribution is -2.57. The Bertz CT molecular complexity index is 1160. The second kappa shape index (κ2) is 12.0. The molecule has 2 aliphatic heterocycles. The Kier molecular flexibility index (Phi) is 8.43. The molecule has 0 spiro atoms. The Hall–Kier alpha value is -3.10. The van der Waals surface area contributed by atoms with Crippen molar-refractivity contribution in [1.82, 2.24) is 19.6 Å². The topological polar surface area (TPSA) is 76.6 Å². The van der Waals surface area contributed by atoms with Crippen LogP contribution in [0, 0.1) is 5.92 Å². The number of hydrogen-bond donors (Lipinski definition) is 1. The first-order chi connectivity index (χ1) is 18.8. The van der Waals surface area contributed by atoms with E-state index in [0.717, 1.165) is 30.1 Å². The maximum Gasteiger partial charge on any atom is 0.409 e. The number of phenolic OH excluding ortho intramolecular Hbond substituents is 1. The molecular formula is C31H42N4O4. The first-order valence-corrected chi connectivity index (χ1v) is 14.4. The summed E-state index contributed by atoms with van der Waals surface area (Å²) in [4.78, 5) is 34.3. The Morgan fingerprint density at radius 1 is 0.923 bits per heavy atom. The monoisotopic (exact) mass is 534 g/mol. The minimum absolute atomic E-state index is 0.0225. The first kappa shape index (κ1) is 27.5. The van der Waals surface area contributed by atoms with Gasteiger partial charge in [-0.2, -0.15) is 0 Å². The van der Waals surface area contributed by atoms with Crippen LogP contribution < -0.4 is 0 Å². The van der Waals surface area contributed by atoms with E-state index in [1.54, 1.807) is 17.9 Å². The Balaban J connectivity index is 1.37. The molecule has 3 atom stereocenters. The summed E-state index contributed by atoms with van der Waals surface area (Å²) in [5, 5.41) is 10.4. The first-order valence-electron chi connectivity index (χ1n) is 14.4. The molecular weight excluding hydrogens is 492 g/mol. The minimum Gasteiger partial charge on any atom is -0.508 e. The molecule has 3 fully saturated rings. The van der Waals surface area contributed by atoms with Crippen molar-refractivity contribution < 1.29 is 19.4 Å². The second-order valence-corrected chi connectivity index (χ2v) is 11.4. The smallest absolute Gasteiger partial charge is 0.409 e. The number of ether oxygens (including phenoxy) is 1. The molecule has 2 saturated heterocycles. The van der Waals surface area contributed by atoms with Gasteiger partial charge in [0, 0.05) is 63.5 Å². The number of aromatic hydroxyl groups is 1. The van der Waals surface area contributed by atoms with E-state index in [4.69, 9.17) is 4.74 Å². The summed E-state index contributed by atoms with van der Waals surface area (Å²) in [6, 6.07) is 16.1. The van der Waals surface area contributed by atoms with Crippen LogP contribution in [-0.2, 0) is 4.74 Å². The molecule has 8 nitrogen and oxygen atoms in total. The highest BCUT2D eigenvalue weighted by atomic mass is 16.6. The van der Waals surface area contributed by atoms with Gasteiger partial charge in [-0.05, 0) is 74.9 Å².